The number of carbonyl (C=O) groups excluding carboxylic acids is 1. The SMILES string of the molecule is CCOP(=O)(OCC)C(C)C(C)=O. The van der Waals surface area contributed by atoms with Crippen LogP contribution in [0.5, 0.6) is 0 Å². The first-order valence-electron chi connectivity index (χ1n) is 4.37. The number of carbonyl (C=O) groups is 1. The summed E-state index contributed by atoms with van der Waals surface area (Å²) in [4.78, 5) is 11.0. The summed E-state index contributed by atoms with van der Waals surface area (Å²) in [5.74, 6) is -0.176. The number of ketones is 1. The molecule has 0 heterocycles. The Labute approximate surface area is 79.1 Å². The third-order valence-corrected chi connectivity index (χ3v) is 4.23. The maximum Gasteiger partial charge on any atom is 0.340 e. The quantitative estimate of drug-likeness (QED) is 0.628. The van der Waals surface area contributed by atoms with Gasteiger partial charge in [-0.25, -0.2) is 0 Å². The molecule has 0 amide bonds. The van der Waals surface area contributed by atoms with E-state index in [-0.39, 0.29) is 19.0 Å². The second-order valence-electron chi connectivity index (χ2n) is 2.66. The van der Waals surface area contributed by atoms with Crippen LogP contribution in [0, 0.1) is 0 Å². The van der Waals surface area contributed by atoms with Crippen LogP contribution < -0.4 is 0 Å². The van der Waals surface area contributed by atoms with E-state index in [0.29, 0.717) is 0 Å². The van der Waals surface area contributed by atoms with E-state index >= 15 is 0 Å². The molecule has 0 aromatic carbocycles. The molecule has 4 nitrogen and oxygen atoms in total. The van der Waals surface area contributed by atoms with Crippen molar-refractivity contribution < 1.29 is 18.4 Å². The molecule has 5 heteroatoms. The van der Waals surface area contributed by atoms with E-state index in [0.717, 1.165) is 0 Å². The Bertz CT molecular complexity index is 204. The number of hydrogen-bond acceptors (Lipinski definition) is 4. The second-order valence-corrected chi connectivity index (χ2v) is 5.03. The molecule has 13 heavy (non-hydrogen) atoms. The van der Waals surface area contributed by atoms with E-state index in [1.165, 1.54) is 6.92 Å². The van der Waals surface area contributed by atoms with E-state index in [2.05, 4.69) is 0 Å². The van der Waals surface area contributed by atoms with Crippen LogP contribution in [0.4, 0.5) is 0 Å². The first-order chi connectivity index (χ1) is 5.98. The van der Waals surface area contributed by atoms with Crippen molar-refractivity contribution in [3.05, 3.63) is 0 Å². The van der Waals surface area contributed by atoms with Gasteiger partial charge >= 0.3 is 7.60 Å². The Balaban J connectivity index is 4.57. The van der Waals surface area contributed by atoms with Gasteiger partial charge in [0.05, 0.1) is 13.2 Å². The topological polar surface area (TPSA) is 52.6 Å². The number of hydrogen-bond donors (Lipinski definition) is 0. The fourth-order valence-electron chi connectivity index (χ4n) is 0.843. The largest absolute Gasteiger partial charge is 0.340 e. The molecule has 78 valence electrons. The van der Waals surface area contributed by atoms with Crippen LogP contribution in [0.2, 0.25) is 0 Å². The molecule has 0 aromatic heterocycles. The van der Waals surface area contributed by atoms with E-state index in [9.17, 15) is 9.36 Å². The summed E-state index contributed by atoms with van der Waals surface area (Å²) in [5.41, 5.74) is -0.674. The zero-order valence-electron chi connectivity index (χ0n) is 8.57. The van der Waals surface area contributed by atoms with Gasteiger partial charge in [-0.3, -0.25) is 9.36 Å². The van der Waals surface area contributed by atoms with Crippen LogP contribution in [-0.4, -0.2) is 24.7 Å². The summed E-state index contributed by atoms with van der Waals surface area (Å²) in [5, 5.41) is 0. The van der Waals surface area contributed by atoms with Crippen molar-refractivity contribution in [2.75, 3.05) is 13.2 Å². The monoisotopic (exact) mass is 208 g/mol. The highest BCUT2D eigenvalue weighted by Crippen LogP contribution is 2.52. The first-order valence-corrected chi connectivity index (χ1v) is 5.98. The first kappa shape index (κ1) is 12.8. The van der Waals surface area contributed by atoms with Crippen LogP contribution in [0.25, 0.3) is 0 Å². The van der Waals surface area contributed by atoms with Crippen molar-refractivity contribution in [1.82, 2.24) is 0 Å². The van der Waals surface area contributed by atoms with Gasteiger partial charge in [0, 0.05) is 0 Å². The van der Waals surface area contributed by atoms with Gasteiger partial charge in [0.25, 0.3) is 0 Å². The molecule has 0 aliphatic rings. The Morgan fingerprint density at radius 1 is 1.31 bits per heavy atom. The summed E-state index contributed by atoms with van der Waals surface area (Å²) in [6.45, 7) is 6.96. The maximum absolute atomic E-state index is 11.9. The van der Waals surface area contributed by atoms with Gasteiger partial charge < -0.3 is 9.05 Å². The van der Waals surface area contributed by atoms with E-state index < -0.39 is 13.3 Å². The summed E-state index contributed by atoms with van der Waals surface area (Å²) < 4.78 is 21.9. The molecule has 0 aliphatic heterocycles. The third-order valence-electron chi connectivity index (χ3n) is 1.68. The average molecular weight is 208 g/mol. The van der Waals surface area contributed by atoms with Gasteiger partial charge in [-0.05, 0) is 27.7 Å². The number of rotatable bonds is 6. The molecular formula is C8H17O4P. The molecule has 0 fully saturated rings. The molecule has 0 spiro atoms. The lowest BCUT2D eigenvalue weighted by Crippen LogP contribution is -2.17. The fraction of sp³-hybridized carbons (Fsp3) is 0.875. The lowest BCUT2D eigenvalue weighted by Gasteiger charge is -2.21. The Morgan fingerprint density at radius 2 is 1.69 bits per heavy atom. The van der Waals surface area contributed by atoms with Gasteiger partial charge in [-0.2, -0.15) is 0 Å². The summed E-state index contributed by atoms with van der Waals surface area (Å²) in [7, 11) is -3.22. The van der Waals surface area contributed by atoms with E-state index in [1.54, 1.807) is 20.8 Å². The highest BCUT2D eigenvalue weighted by Gasteiger charge is 2.34. The third kappa shape index (κ3) is 3.59. The standard InChI is InChI=1S/C8H17O4P/c1-5-11-13(10,12-6-2)8(4)7(3)9/h8H,5-6H2,1-4H3. The molecule has 0 radical (unpaired) electrons. The minimum absolute atomic E-state index is 0.176. The zero-order valence-corrected chi connectivity index (χ0v) is 9.47. The van der Waals surface area contributed by atoms with Crippen LogP contribution in [0.1, 0.15) is 27.7 Å². The molecule has 0 N–H and O–H groups in total. The molecule has 0 aliphatic carbocycles. The van der Waals surface area contributed by atoms with Crippen molar-refractivity contribution in [1.29, 1.82) is 0 Å². The normalized spacial score (nSPS) is 14.2. The lowest BCUT2D eigenvalue weighted by atomic mass is 10.3. The van der Waals surface area contributed by atoms with Crippen molar-refractivity contribution >= 4 is 13.4 Å². The second kappa shape index (κ2) is 5.53. The molecule has 1 unspecified atom stereocenters. The zero-order chi connectivity index (χ0) is 10.5. The Hall–Kier alpha value is -0.180. The molecule has 0 rings (SSSR count). The summed E-state index contributed by atoms with van der Waals surface area (Å²) in [6, 6.07) is 0. The lowest BCUT2D eigenvalue weighted by molar-refractivity contribution is -0.116. The van der Waals surface area contributed by atoms with Crippen LogP contribution >= 0.6 is 7.60 Å². The Morgan fingerprint density at radius 3 is 1.92 bits per heavy atom. The highest BCUT2D eigenvalue weighted by molar-refractivity contribution is 7.55. The average Bonchev–Trinajstić information content (AvgIpc) is 2.03. The van der Waals surface area contributed by atoms with Crippen LogP contribution in [-0.2, 0) is 18.4 Å². The van der Waals surface area contributed by atoms with Crippen molar-refractivity contribution in [2.24, 2.45) is 0 Å². The summed E-state index contributed by atoms with van der Waals surface area (Å²) >= 11 is 0. The maximum atomic E-state index is 11.9. The van der Waals surface area contributed by atoms with Crippen LogP contribution in [0.3, 0.4) is 0 Å². The molecule has 0 aromatic rings. The van der Waals surface area contributed by atoms with Crippen molar-refractivity contribution in [3.63, 3.8) is 0 Å². The van der Waals surface area contributed by atoms with Gasteiger partial charge in [-0.1, -0.05) is 0 Å². The Kier molecular flexibility index (Phi) is 5.45. The van der Waals surface area contributed by atoms with Crippen LogP contribution in [0.15, 0.2) is 0 Å². The molecule has 0 saturated heterocycles. The molecule has 0 bridgehead atoms. The van der Waals surface area contributed by atoms with Gasteiger partial charge in [0.2, 0.25) is 0 Å². The fourth-order valence-corrected chi connectivity index (χ4v) is 2.53. The number of Topliss-reactive ketones (excluding diaryl/α,β-unsaturated/α-hetero) is 1. The van der Waals surface area contributed by atoms with Gasteiger partial charge in [0.15, 0.2) is 0 Å². The predicted octanol–water partition coefficient (Wildman–Crippen LogP) is 2.23. The molecule has 0 saturated carbocycles. The smallest absolute Gasteiger partial charge is 0.308 e. The van der Waals surface area contributed by atoms with E-state index in [1.807, 2.05) is 0 Å². The van der Waals surface area contributed by atoms with Crippen molar-refractivity contribution in [2.45, 2.75) is 33.4 Å². The molecule has 1 atom stereocenters. The van der Waals surface area contributed by atoms with Crippen molar-refractivity contribution in [3.8, 4) is 0 Å². The minimum Gasteiger partial charge on any atom is -0.308 e. The highest BCUT2D eigenvalue weighted by atomic mass is 31.2. The minimum atomic E-state index is -3.22. The summed E-state index contributed by atoms with van der Waals surface area (Å²) in [6.07, 6.45) is 0. The van der Waals surface area contributed by atoms with Gasteiger partial charge in [0.1, 0.15) is 11.4 Å². The van der Waals surface area contributed by atoms with Gasteiger partial charge in [-0.15, -0.1) is 0 Å². The molecular weight excluding hydrogens is 191 g/mol. The predicted molar refractivity (Wildman–Crippen MR) is 51.0 cm³/mol. The van der Waals surface area contributed by atoms with E-state index in [4.69, 9.17) is 9.05 Å².